The molecule has 0 aliphatic carbocycles. The van der Waals surface area contributed by atoms with E-state index < -0.39 is 0 Å². The highest BCUT2D eigenvalue weighted by molar-refractivity contribution is 14.2. The number of halogens is 1. The van der Waals surface area contributed by atoms with E-state index in [0.717, 1.165) is 61.7 Å². The van der Waals surface area contributed by atoms with E-state index in [1.807, 2.05) is 0 Å². The van der Waals surface area contributed by atoms with E-state index >= 15 is 0 Å². The number of thiophene rings is 1. The van der Waals surface area contributed by atoms with Crippen LogP contribution in [-0.2, 0) is 17.7 Å². The van der Waals surface area contributed by atoms with Gasteiger partial charge in [-0.3, -0.25) is 8.87 Å². The zero-order valence-corrected chi connectivity index (χ0v) is 21.5. The number of rotatable bonds is 7. The van der Waals surface area contributed by atoms with Gasteiger partial charge in [0.2, 0.25) is 5.95 Å². The lowest BCUT2D eigenvalue weighted by Gasteiger charge is -2.26. The summed E-state index contributed by atoms with van der Waals surface area (Å²) < 4.78 is 7.52. The molecule has 4 aromatic rings. The quantitative estimate of drug-likeness (QED) is 0.266. The maximum atomic E-state index is 5.44. The van der Waals surface area contributed by atoms with Crippen molar-refractivity contribution in [2.45, 2.75) is 19.9 Å². The van der Waals surface area contributed by atoms with Crippen molar-refractivity contribution in [2.24, 2.45) is 0 Å². The topological polar surface area (TPSA) is 55.2 Å². The molecule has 4 heterocycles. The number of aromatic nitrogens is 3. The summed E-state index contributed by atoms with van der Waals surface area (Å²) in [7, 11) is 1.61. The van der Waals surface area contributed by atoms with Crippen molar-refractivity contribution in [2.75, 3.05) is 31.6 Å². The van der Waals surface area contributed by atoms with Crippen molar-refractivity contribution in [3.63, 3.8) is 0 Å². The Morgan fingerprint density at radius 3 is 2.66 bits per heavy atom. The predicted octanol–water partition coefficient (Wildman–Crippen LogP) is 6.14. The first kappa shape index (κ1) is 22.1. The molecular formula is C23H24IN5OS2. The van der Waals surface area contributed by atoms with Gasteiger partial charge in [0, 0.05) is 67.2 Å². The summed E-state index contributed by atoms with van der Waals surface area (Å²) in [6.07, 6.45) is 3.08. The Bertz CT molecular complexity index is 1200. The summed E-state index contributed by atoms with van der Waals surface area (Å²) in [6, 6.07) is 12.9. The van der Waals surface area contributed by atoms with Gasteiger partial charge in [-0.1, -0.05) is 19.1 Å². The van der Waals surface area contributed by atoms with Crippen LogP contribution in [0, 0.1) is 0 Å². The second-order valence-electron chi connectivity index (χ2n) is 7.73. The smallest absolute Gasteiger partial charge is 0.229 e. The highest BCUT2D eigenvalue weighted by Crippen LogP contribution is 2.35. The first-order chi connectivity index (χ1) is 15.7. The van der Waals surface area contributed by atoms with Gasteiger partial charge in [0.05, 0.1) is 23.8 Å². The van der Waals surface area contributed by atoms with Crippen LogP contribution in [0.5, 0.6) is 0 Å². The number of hydrogen-bond acceptors (Lipinski definition) is 7. The second kappa shape index (κ2) is 10.1. The summed E-state index contributed by atoms with van der Waals surface area (Å²) in [5.41, 5.74) is 5.53. The Kier molecular flexibility index (Phi) is 6.98. The third-order valence-corrected chi connectivity index (χ3v) is 8.30. The number of morpholine rings is 1. The van der Waals surface area contributed by atoms with Gasteiger partial charge in [0.25, 0.3) is 0 Å². The summed E-state index contributed by atoms with van der Waals surface area (Å²) in [5, 5.41) is 6.71. The molecular weight excluding hydrogens is 553 g/mol. The third-order valence-electron chi connectivity index (χ3n) is 5.60. The number of fused-ring (bicyclic) bond motifs is 1. The molecule has 1 aromatic carbocycles. The summed E-state index contributed by atoms with van der Waals surface area (Å²) in [4.78, 5) is 13.3. The standard InChI is InChI=1S/C23H24IN5OS2/c1-2-16-13-20(31-15-16)21-19-7-8-29(32-24)22(19)27-23(26-21)25-18-5-3-17(4-6-18)14-28-9-11-30-12-10-28/h3-8,13,15H,2,9-12,14H2,1H3,(H,25,26,27). The molecule has 0 saturated carbocycles. The van der Waals surface area contributed by atoms with Crippen molar-refractivity contribution in [3.05, 3.63) is 59.1 Å². The van der Waals surface area contributed by atoms with Crippen molar-refractivity contribution in [1.29, 1.82) is 0 Å². The Morgan fingerprint density at radius 2 is 1.94 bits per heavy atom. The monoisotopic (exact) mass is 577 g/mol. The van der Waals surface area contributed by atoms with E-state index in [0.29, 0.717) is 5.95 Å². The van der Waals surface area contributed by atoms with E-state index in [-0.39, 0.29) is 0 Å². The van der Waals surface area contributed by atoms with Crippen molar-refractivity contribution >= 4 is 64.3 Å². The van der Waals surface area contributed by atoms with Gasteiger partial charge >= 0.3 is 0 Å². The van der Waals surface area contributed by atoms with Crippen molar-refractivity contribution in [3.8, 4) is 10.6 Å². The summed E-state index contributed by atoms with van der Waals surface area (Å²) >= 11 is 4.03. The van der Waals surface area contributed by atoms with Crippen LogP contribution >= 0.6 is 41.7 Å². The van der Waals surface area contributed by atoms with Gasteiger partial charge in [-0.2, -0.15) is 4.98 Å². The van der Waals surface area contributed by atoms with Crippen molar-refractivity contribution in [1.82, 2.24) is 18.8 Å². The normalized spacial score (nSPS) is 14.8. The zero-order valence-electron chi connectivity index (χ0n) is 17.8. The molecule has 32 heavy (non-hydrogen) atoms. The molecule has 6 nitrogen and oxygen atoms in total. The highest BCUT2D eigenvalue weighted by atomic mass is 127. The summed E-state index contributed by atoms with van der Waals surface area (Å²) in [6.45, 7) is 6.77. The van der Waals surface area contributed by atoms with Gasteiger partial charge in [0.15, 0.2) is 5.65 Å². The van der Waals surface area contributed by atoms with Crippen LogP contribution in [0.25, 0.3) is 21.6 Å². The molecule has 1 fully saturated rings. The molecule has 1 saturated heterocycles. The Labute approximate surface area is 208 Å². The minimum absolute atomic E-state index is 0.616. The van der Waals surface area contributed by atoms with Crippen LogP contribution in [0.2, 0.25) is 0 Å². The molecule has 0 atom stereocenters. The highest BCUT2D eigenvalue weighted by Gasteiger charge is 2.16. The second-order valence-corrected chi connectivity index (χ2v) is 10.4. The average Bonchev–Trinajstić information content (AvgIpc) is 3.47. The molecule has 1 aliphatic heterocycles. The number of anilines is 2. The van der Waals surface area contributed by atoms with Gasteiger partial charge in [0.1, 0.15) is 0 Å². The summed E-state index contributed by atoms with van der Waals surface area (Å²) in [5.74, 6) is 0.616. The lowest BCUT2D eigenvalue weighted by atomic mass is 10.2. The molecule has 0 unspecified atom stereocenters. The number of hydrogen-bond donors (Lipinski definition) is 1. The largest absolute Gasteiger partial charge is 0.379 e. The molecule has 0 radical (unpaired) electrons. The fourth-order valence-electron chi connectivity index (χ4n) is 3.82. The molecule has 0 amide bonds. The molecule has 9 heteroatoms. The van der Waals surface area contributed by atoms with Gasteiger partial charge in [-0.25, -0.2) is 4.98 Å². The van der Waals surface area contributed by atoms with E-state index in [9.17, 15) is 0 Å². The Hall–Kier alpha value is -1.66. The number of ether oxygens (including phenoxy) is 1. The lowest BCUT2D eigenvalue weighted by molar-refractivity contribution is 0.0342. The molecule has 1 N–H and O–H groups in total. The maximum Gasteiger partial charge on any atom is 0.229 e. The Morgan fingerprint density at radius 1 is 1.12 bits per heavy atom. The molecule has 166 valence electrons. The average molecular weight is 578 g/mol. The molecule has 1 aliphatic rings. The molecule has 5 rings (SSSR count). The van der Waals surface area contributed by atoms with Crippen LogP contribution in [0.4, 0.5) is 11.6 Å². The number of nitrogens with one attached hydrogen (secondary N) is 1. The van der Waals surface area contributed by atoms with E-state index in [1.165, 1.54) is 16.0 Å². The zero-order chi connectivity index (χ0) is 21.9. The van der Waals surface area contributed by atoms with E-state index in [2.05, 4.69) is 90.3 Å². The van der Waals surface area contributed by atoms with Crippen LogP contribution < -0.4 is 5.32 Å². The minimum atomic E-state index is 0.616. The van der Waals surface area contributed by atoms with Crippen molar-refractivity contribution < 1.29 is 4.74 Å². The lowest BCUT2D eigenvalue weighted by Crippen LogP contribution is -2.35. The maximum absolute atomic E-state index is 5.44. The third kappa shape index (κ3) is 4.81. The Balaban J connectivity index is 1.42. The number of nitrogens with zero attached hydrogens (tertiary/aromatic N) is 4. The van der Waals surface area contributed by atoms with Gasteiger partial charge < -0.3 is 10.1 Å². The van der Waals surface area contributed by atoms with E-state index in [4.69, 9.17) is 14.7 Å². The first-order valence-electron chi connectivity index (χ1n) is 10.7. The minimum Gasteiger partial charge on any atom is -0.379 e. The van der Waals surface area contributed by atoms with Gasteiger partial charge in [-0.15, -0.1) is 11.3 Å². The van der Waals surface area contributed by atoms with Crippen LogP contribution in [-0.4, -0.2) is 45.1 Å². The van der Waals surface area contributed by atoms with Crippen LogP contribution in [0.3, 0.4) is 0 Å². The van der Waals surface area contributed by atoms with Crippen LogP contribution in [0.15, 0.2) is 48.0 Å². The molecule has 0 spiro atoms. The SMILES string of the molecule is CCc1csc(-c2nc(Nc3ccc(CN4CCOCC4)cc3)nc3c2ccn3SI)c1. The fourth-order valence-corrected chi connectivity index (χ4v) is 6.08. The van der Waals surface area contributed by atoms with E-state index in [1.54, 1.807) is 20.5 Å². The number of benzene rings is 1. The molecule has 3 aromatic heterocycles. The van der Waals surface area contributed by atoms with Crippen LogP contribution in [0.1, 0.15) is 18.1 Å². The van der Waals surface area contributed by atoms with Gasteiger partial charge in [-0.05, 0) is 47.2 Å². The first-order valence-corrected chi connectivity index (χ1v) is 14.8. The number of aryl methyl sites for hydroxylation is 1. The fraction of sp³-hybridized carbons (Fsp3) is 0.304. The molecule has 0 bridgehead atoms. The predicted molar refractivity (Wildman–Crippen MR) is 143 cm³/mol.